The van der Waals surface area contributed by atoms with Gasteiger partial charge in [0.15, 0.2) is 0 Å². The molecule has 1 aliphatic heterocycles. The zero-order valence-corrected chi connectivity index (χ0v) is 12.8. The molecule has 3 nitrogen and oxygen atoms in total. The van der Waals surface area contributed by atoms with Gasteiger partial charge in [-0.3, -0.25) is 0 Å². The van der Waals surface area contributed by atoms with E-state index in [1.807, 2.05) is 13.0 Å². The van der Waals surface area contributed by atoms with Crippen molar-refractivity contribution in [2.24, 2.45) is 0 Å². The lowest BCUT2D eigenvalue weighted by atomic mass is 10.1. The first kappa shape index (κ1) is 15.3. The van der Waals surface area contributed by atoms with E-state index in [0.29, 0.717) is 6.61 Å². The smallest absolute Gasteiger partial charge is 0.137 e. The first-order valence-electron chi connectivity index (χ1n) is 7.87. The molecule has 0 saturated carbocycles. The summed E-state index contributed by atoms with van der Waals surface area (Å²) in [4.78, 5) is 1.53. The fourth-order valence-electron chi connectivity index (χ4n) is 2.87. The van der Waals surface area contributed by atoms with Crippen molar-refractivity contribution in [1.82, 2.24) is 0 Å². The third-order valence-corrected chi connectivity index (χ3v) is 4.11. The van der Waals surface area contributed by atoms with Crippen LogP contribution in [0.1, 0.15) is 36.8 Å². The van der Waals surface area contributed by atoms with Crippen LogP contribution in [0, 0.1) is 13.8 Å². The van der Waals surface area contributed by atoms with E-state index < -0.39 is 0 Å². The number of quaternary nitrogens is 1. The maximum atomic E-state index is 10.2. The summed E-state index contributed by atoms with van der Waals surface area (Å²) in [5, 5.41) is 10.2. The molecule has 1 aromatic carbocycles. The molecule has 2 N–H and O–H groups in total. The van der Waals surface area contributed by atoms with E-state index in [-0.39, 0.29) is 6.10 Å². The Bertz CT molecular complexity index is 411. The molecule has 1 atom stereocenters. The lowest BCUT2D eigenvalue weighted by Gasteiger charge is -2.21. The highest BCUT2D eigenvalue weighted by atomic mass is 16.5. The number of aliphatic hydroxyl groups excluding tert-OH is 1. The van der Waals surface area contributed by atoms with Crippen molar-refractivity contribution in [2.75, 3.05) is 26.2 Å². The fraction of sp³-hybridized carbons (Fsp3) is 0.647. The number of aryl methyl sites for hydroxylation is 2. The van der Waals surface area contributed by atoms with E-state index in [9.17, 15) is 5.11 Å². The maximum absolute atomic E-state index is 10.2. The molecule has 1 fully saturated rings. The first-order valence-corrected chi connectivity index (χ1v) is 7.87. The predicted octanol–water partition coefficient (Wildman–Crippen LogP) is 1.50. The number of benzene rings is 1. The molecule has 1 aliphatic rings. The second-order valence-corrected chi connectivity index (χ2v) is 6.10. The standard InChI is InChI=1S/C17H27NO2/c1-14-7-8-15(2)17(11-14)20-13-16(19)12-18-9-5-3-4-6-10-18/h7-8,11,16,19H,3-6,9-10,12-13H2,1-2H3/p+1/t16-/m1/s1. The summed E-state index contributed by atoms with van der Waals surface area (Å²) in [6.45, 7) is 7.70. The van der Waals surface area contributed by atoms with Crippen molar-refractivity contribution in [2.45, 2.75) is 45.6 Å². The summed E-state index contributed by atoms with van der Waals surface area (Å²) in [5.41, 5.74) is 2.32. The molecule has 3 heteroatoms. The number of rotatable bonds is 5. The van der Waals surface area contributed by atoms with Crippen LogP contribution in [-0.4, -0.2) is 37.5 Å². The zero-order valence-electron chi connectivity index (χ0n) is 12.8. The number of nitrogens with one attached hydrogen (secondary N) is 1. The van der Waals surface area contributed by atoms with Crippen LogP contribution in [0.25, 0.3) is 0 Å². The first-order chi connectivity index (χ1) is 9.65. The van der Waals surface area contributed by atoms with Crippen LogP contribution >= 0.6 is 0 Å². The van der Waals surface area contributed by atoms with Gasteiger partial charge in [0.05, 0.1) is 13.1 Å². The molecule has 0 spiro atoms. The van der Waals surface area contributed by atoms with Crippen LogP contribution in [0.15, 0.2) is 18.2 Å². The normalized spacial score (nSPS) is 18.6. The molecule has 2 rings (SSSR count). The van der Waals surface area contributed by atoms with Crippen LogP contribution in [0.5, 0.6) is 5.75 Å². The van der Waals surface area contributed by atoms with E-state index in [2.05, 4.69) is 19.1 Å². The second kappa shape index (κ2) is 7.65. The molecule has 0 radical (unpaired) electrons. The van der Waals surface area contributed by atoms with Crippen LogP contribution in [0.2, 0.25) is 0 Å². The van der Waals surface area contributed by atoms with Gasteiger partial charge in [-0.1, -0.05) is 12.1 Å². The van der Waals surface area contributed by atoms with E-state index >= 15 is 0 Å². The molecule has 20 heavy (non-hydrogen) atoms. The summed E-state index contributed by atoms with van der Waals surface area (Å²) < 4.78 is 5.79. The van der Waals surface area contributed by atoms with Gasteiger partial charge >= 0.3 is 0 Å². The van der Waals surface area contributed by atoms with Gasteiger partial charge in [-0.2, -0.15) is 0 Å². The van der Waals surface area contributed by atoms with Gasteiger partial charge in [0.25, 0.3) is 0 Å². The van der Waals surface area contributed by atoms with Crippen molar-refractivity contribution < 1.29 is 14.7 Å². The lowest BCUT2D eigenvalue weighted by Crippen LogP contribution is -3.13. The van der Waals surface area contributed by atoms with Gasteiger partial charge in [-0.25, -0.2) is 0 Å². The third kappa shape index (κ3) is 4.80. The molecular weight excluding hydrogens is 250 g/mol. The van der Waals surface area contributed by atoms with Crippen molar-refractivity contribution in [1.29, 1.82) is 0 Å². The summed E-state index contributed by atoms with van der Waals surface area (Å²) in [7, 11) is 0. The average molecular weight is 278 g/mol. The van der Waals surface area contributed by atoms with Crippen LogP contribution in [0.4, 0.5) is 0 Å². The molecule has 0 aliphatic carbocycles. The van der Waals surface area contributed by atoms with E-state index in [1.165, 1.54) is 49.2 Å². The Kier molecular flexibility index (Phi) is 5.86. The molecule has 1 aromatic rings. The summed E-state index contributed by atoms with van der Waals surface area (Å²) in [6.07, 6.45) is 4.90. The predicted molar refractivity (Wildman–Crippen MR) is 81.4 cm³/mol. The van der Waals surface area contributed by atoms with Crippen molar-refractivity contribution in [3.8, 4) is 5.75 Å². The highest BCUT2D eigenvalue weighted by Gasteiger charge is 2.17. The van der Waals surface area contributed by atoms with Gasteiger partial charge in [0, 0.05) is 0 Å². The van der Waals surface area contributed by atoms with Gasteiger partial charge in [0.2, 0.25) is 0 Å². The highest BCUT2D eigenvalue weighted by Crippen LogP contribution is 2.19. The van der Waals surface area contributed by atoms with E-state index in [4.69, 9.17) is 4.74 Å². The number of ether oxygens (including phenoxy) is 1. The number of hydrogen-bond donors (Lipinski definition) is 2. The summed E-state index contributed by atoms with van der Waals surface area (Å²) >= 11 is 0. The Morgan fingerprint density at radius 1 is 1.15 bits per heavy atom. The van der Waals surface area contributed by atoms with E-state index in [0.717, 1.165) is 17.9 Å². The Morgan fingerprint density at radius 3 is 2.55 bits per heavy atom. The fourth-order valence-corrected chi connectivity index (χ4v) is 2.87. The summed E-state index contributed by atoms with van der Waals surface area (Å²) in [5.74, 6) is 0.898. The minimum Gasteiger partial charge on any atom is -0.490 e. The van der Waals surface area contributed by atoms with Crippen molar-refractivity contribution in [3.63, 3.8) is 0 Å². The average Bonchev–Trinajstić information content (AvgIpc) is 2.68. The lowest BCUT2D eigenvalue weighted by molar-refractivity contribution is -0.902. The Balaban J connectivity index is 1.79. The quantitative estimate of drug-likeness (QED) is 0.856. The van der Waals surface area contributed by atoms with Crippen LogP contribution < -0.4 is 9.64 Å². The van der Waals surface area contributed by atoms with Crippen molar-refractivity contribution in [3.05, 3.63) is 29.3 Å². The largest absolute Gasteiger partial charge is 0.490 e. The third-order valence-electron chi connectivity index (χ3n) is 4.11. The van der Waals surface area contributed by atoms with Gasteiger partial charge < -0.3 is 14.7 Å². The molecular formula is C17H28NO2+. The Hall–Kier alpha value is -1.06. The second-order valence-electron chi connectivity index (χ2n) is 6.10. The van der Waals surface area contributed by atoms with E-state index in [1.54, 1.807) is 0 Å². The minimum absolute atomic E-state index is 0.372. The minimum atomic E-state index is -0.372. The van der Waals surface area contributed by atoms with Gasteiger partial charge in [-0.15, -0.1) is 0 Å². The van der Waals surface area contributed by atoms with Gasteiger partial charge in [0.1, 0.15) is 25.0 Å². The summed E-state index contributed by atoms with van der Waals surface area (Å²) in [6, 6.07) is 6.19. The number of aliphatic hydroxyl groups is 1. The molecule has 0 bridgehead atoms. The molecule has 0 amide bonds. The molecule has 112 valence electrons. The Labute approximate surface area is 122 Å². The molecule has 1 heterocycles. The van der Waals surface area contributed by atoms with Crippen molar-refractivity contribution >= 4 is 0 Å². The zero-order chi connectivity index (χ0) is 14.4. The molecule has 0 aromatic heterocycles. The molecule has 0 unspecified atom stereocenters. The number of likely N-dealkylation sites (tertiary alicyclic amines) is 1. The SMILES string of the molecule is Cc1ccc(C)c(OC[C@H](O)C[NH+]2CCCCCC2)c1. The Morgan fingerprint density at radius 2 is 1.85 bits per heavy atom. The highest BCUT2D eigenvalue weighted by molar-refractivity contribution is 5.35. The topological polar surface area (TPSA) is 33.9 Å². The molecule has 1 saturated heterocycles. The maximum Gasteiger partial charge on any atom is 0.137 e. The van der Waals surface area contributed by atoms with Gasteiger partial charge in [-0.05, 0) is 56.7 Å². The van der Waals surface area contributed by atoms with Crippen LogP contribution in [0.3, 0.4) is 0 Å². The number of hydrogen-bond acceptors (Lipinski definition) is 2. The van der Waals surface area contributed by atoms with Crippen LogP contribution in [-0.2, 0) is 0 Å². The monoisotopic (exact) mass is 278 g/mol.